The number of carbonyl (C=O) groups is 2. The summed E-state index contributed by atoms with van der Waals surface area (Å²) in [5.74, 6) is -0.431. The van der Waals surface area contributed by atoms with Crippen LogP contribution in [0.5, 0.6) is 0 Å². The molecule has 3 aromatic rings. The van der Waals surface area contributed by atoms with Crippen LogP contribution < -0.4 is 10.6 Å². The van der Waals surface area contributed by atoms with Crippen molar-refractivity contribution in [2.45, 2.75) is 13.3 Å². The van der Waals surface area contributed by atoms with Crippen molar-refractivity contribution in [3.63, 3.8) is 0 Å². The minimum atomic E-state index is -0.450. The largest absolute Gasteiger partial charge is 0.321 e. The molecule has 2 amide bonds. The Hall–Kier alpha value is -2.89. The van der Waals surface area contributed by atoms with Gasteiger partial charge in [0.05, 0.1) is 16.3 Å². The zero-order chi connectivity index (χ0) is 20.1. The molecule has 0 aliphatic rings. The number of aromatic nitrogens is 1. The lowest BCUT2D eigenvalue weighted by atomic mass is 10.1. The third-order valence-corrected chi connectivity index (χ3v) is 4.53. The molecule has 0 saturated carbocycles. The summed E-state index contributed by atoms with van der Waals surface area (Å²) < 4.78 is 0. The molecule has 28 heavy (non-hydrogen) atoms. The van der Waals surface area contributed by atoms with Crippen molar-refractivity contribution in [1.82, 2.24) is 4.98 Å². The summed E-state index contributed by atoms with van der Waals surface area (Å²) in [4.78, 5) is 29.3. The number of rotatable bonds is 5. The van der Waals surface area contributed by atoms with Crippen molar-refractivity contribution in [2.75, 3.05) is 10.6 Å². The van der Waals surface area contributed by atoms with E-state index in [1.54, 1.807) is 36.4 Å². The Morgan fingerprint density at radius 3 is 2.25 bits per heavy atom. The third-order valence-electron chi connectivity index (χ3n) is 4.07. The van der Waals surface area contributed by atoms with E-state index in [-0.39, 0.29) is 11.5 Å². The Balaban J connectivity index is 1.82. The molecule has 0 aliphatic carbocycles. The van der Waals surface area contributed by atoms with Gasteiger partial charge in [0.15, 0.2) is 0 Å². The average molecular weight is 414 g/mol. The number of pyridine rings is 1. The van der Waals surface area contributed by atoms with Crippen molar-refractivity contribution in [3.8, 4) is 0 Å². The lowest BCUT2D eigenvalue weighted by molar-refractivity contribution is 0.102. The van der Waals surface area contributed by atoms with Gasteiger partial charge in [-0.25, -0.2) is 4.98 Å². The summed E-state index contributed by atoms with van der Waals surface area (Å²) >= 11 is 11.9. The highest BCUT2D eigenvalue weighted by atomic mass is 35.5. The van der Waals surface area contributed by atoms with Crippen molar-refractivity contribution in [1.29, 1.82) is 0 Å². The van der Waals surface area contributed by atoms with Crippen LogP contribution in [0.25, 0.3) is 0 Å². The quantitative estimate of drug-likeness (QED) is 0.583. The summed E-state index contributed by atoms with van der Waals surface area (Å²) in [6.07, 6.45) is 2.32. The smallest absolute Gasteiger partial charge is 0.258 e. The predicted octanol–water partition coefficient (Wildman–Crippen LogP) is 5.46. The van der Waals surface area contributed by atoms with Crippen LogP contribution >= 0.6 is 23.2 Å². The fourth-order valence-electron chi connectivity index (χ4n) is 2.53. The standard InChI is InChI=1S/C21H17Cl2N3O2/c1-2-13-3-5-14(6-4-13)20(27)25-18-9-7-15(22)11-17(18)21(28)26-19-10-8-16(23)12-24-19/h3-12H,2H2,1H3,(H,25,27)(H,24,26,28). The van der Waals surface area contributed by atoms with Gasteiger partial charge in [0, 0.05) is 16.8 Å². The molecule has 0 bridgehead atoms. The van der Waals surface area contributed by atoms with Gasteiger partial charge >= 0.3 is 0 Å². The van der Waals surface area contributed by atoms with E-state index in [9.17, 15) is 9.59 Å². The number of anilines is 2. The maximum Gasteiger partial charge on any atom is 0.258 e. The summed E-state index contributed by atoms with van der Waals surface area (Å²) in [6.45, 7) is 2.04. The molecule has 2 N–H and O–H groups in total. The van der Waals surface area contributed by atoms with E-state index in [2.05, 4.69) is 15.6 Å². The molecule has 0 unspecified atom stereocenters. The van der Waals surface area contributed by atoms with E-state index in [1.807, 2.05) is 19.1 Å². The van der Waals surface area contributed by atoms with Crippen LogP contribution in [-0.2, 0) is 6.42 Å². The summed E-state index contributed by atoms with van der Waals surface area (Å²) in [5, 5.41) is 6.27. The molecule has 5 nitrogen and oxygen atoms in total. The van der Waals surface area contributed by atoms with Crippen LogP contribution in [0.15, 0.2) is 60.8 Å². The highest BCUT2D eigenvalue weighted by Gasteiger charge is 2.16. The normalized spacial score (nSPS) is 10.4. The lowest BCUT2D eigenvalue weighted by Gasteiger charge is -2.12. The first-order chi connectivity index (χ1) is 13.5. The van der Waals surface area contributed by atoms with E-state index >= 15 is 0 Å². The van der Waals surface area contributed by atoms with Crippen molar-refractivity contribution in [3.05, 3.63) is 87.5 Å². The Morgan fingerprint density at radius 2 is 1.61 bits per heavy atom. The molecule has 0 spiro atoms. The molecule has 7 heteroatoms. The Bertz CT molecular complexity index is 1000. The Morgan fingerprint density at radius 1 is 0.893 bits per heavy atom. The topological polar surface area (TPSA) is 71.1 Å². The van der Waals surface area contributed by atoms with Gasteiger partial charge in [-0.2, -0.15) is 0 Å². The first-order valence-corrected chi connectivity index (χ1v) is 9.34. The minimum absolute atomic E-state index is 0.225. The van der Waals surface area contributed by atoms with Gasteiger partial charge in [-0.15, -0.1) is 0 Å². The van der Waals surface area contributed by atoms with Gasteiger partial charge in [-0.3, -0.25) is 9.59 Å². The van der Waals surface area contributed by atoms with Crippen LogP contribution in [0.4, 0.5) is 11.5 Å². The second-order valence-corrected chi connectivity index (χ2v) is 6.88. The van der Waals surface area contributed by atoms with Gasteiger partial charge in [0.1, 0.15) is 5.82 Å². The van der Waals surface area contributed by atoms with E-state index in [0.29, 0.717) is 27.1 Å². The number of aryl methyl sites for hydroxylation is 1. The van der Waals surface area contributed by atoms with Crippen LogP contribution in [0.3, 0.4) is 0 Å². The van der Waals surface area contributed by atoms with Gasteiger partial charge in [-0.05, 0) is 54.4 Å². The third kappa shape index (κ3) is 4.88. The zero-order valence-corrected chi connectivity index (χ0v) is 16.5. The molecule has 142 valence electrons. The summed E-state index contributed by atoms with van der Waals surface area (Å²) in [6, 6.07) is 15.2. The molecule has 0 saturated heterocycles. The maximum absolute atomic E-state index is 12.7. The zero-order valence-electron chi connectivity index (χ0n) is 15.0. The van der Waals surface area contributed by atoms with Gasteiger partial charge in [0.2, 0.25) is 0 Å². The highest BCUT2D eigenvalue weighted by Crippen LogP contribution is 2.23. The average Bonchev–Trinajstić information content (AvgIpc) is 2.71. The van der Waals surface area contributed by atoms with E-state index < -0.39 is 5.91 Å². The number of hydrogen-bond acceptors (Lipinski definition) is 3. The van der Waals surface area contributed by atoms with Gasteiger partial charge in [0.25, 0.3) is 11.8 Å². The van der Waals surface area contributed by atoms with E-state index in [1.165, 1.54) is 12.3 Å². The van der Waals surface area contributed by atoms with Crippen LogP contribution in [-0.4, -0.2) is 16.8 Å². The SMILES string of the molecule is CCc1ccc(C(=O)Nc2ccc(Cl)cc2C(=O)Nc2ccc(Cl)cn2)cc1. The Labute approximate surface area is 172 Å². The number of nitrogens with one attached hydrogen (secondary N) is 2. The lowest BCUT2D eigenvalue weighted by Crippen LogP contribution is -2.18. The van der Waals surface area contributed by atoms with Crippen LogP contribution in [0.1, 0.15) is 33.2 Å². The molecular formula is C21H17Cl2N3O2. The molecular weight excluding hydrogens is 397 g/mol. The molecule has 0 radical (unpaired) electrons. The summed E-state index contributed by atoms with van der Waals surface area (Å²) in [5.41, 5.74) is 2.21. The van der Waals surface area contributed by atoms with Gasteiger partial charge < -0.3 is 10.6 Å². The van der Waals surface area contributed by atoms with Crippen molar-refractivity contribution < 1.29 is 9.59 Å². The van der Waals surface area contributed by atoms with Gasteiger partial charge in [-0.1, -0.05) is 42.3 Å². The second kappa shape index (κ2) is 8.87. The molecule has 2 aromatic carbocycles. The number of amides is 2. The minimum Gasteiger partial charge on any atom is -0.321 e. The van der Waals surface area contributed by atoms with Crippen LogP contribution in [0, 0.1) is 0 Å². The first kappa shape index (κ1) is 19.9. The monoisotopic (exact) mass is 413 g/mol. The van der Waals surface area contributed by atoms with Crippen LogP contribution in [0.2, 0.25) is 10.0 Å². The molecule has 3 rings (SSSR count). The first-order valence-electron chi connectivity index (χ1n) is 8.59. The molecule has 1 aromatic heterocycles. The number of carbonyl (C=O) groups excluding carboxylic acids is 2. The highest BCUT2D eigenvalue weighted by molar-refractivity contribution is 6.31. The Kier molecular flexibility index (Phi) is 6.29. The molecule has 0 atom stereocenters. The number of benzene rings is 2. The van der Waals surface area contributed by atoms with Crippen molar-refractivity contribution >= 4 is 46.5 Å². The van der Waals surface area contributed by atoms with Crippen molar-refractivity contribution in [2.24, 2.45) is 0 Å². The maximum atomic E-state index is 12.7. The van der Waals surface area contributed by atoms with E-state index in [0.717, 1.165) is 12.0 Å². The predicted molar refractivity (Wildman–Crippen MR) is 112 cm³/mol. The second-order valence-electron chi connectivity index (χ2n) is 6.01. The number of halogens is 2. The van der Waals surface area contributed by atoms with E-state index in [4.69, 9.17) is 23.2 Å². The molecule has 0 aliphatic heterocycles. The molecule has 0 fully saturated rings. The fourth-order valence-corrected chi connectivity index (χ4v) is 2.82. The fraction of sp³-hybridized carbons (Fsp3) is 0.0952. The molecule has 1 heterocycles. The summed E-state index contributed by atoms with van der Waals surface area (Å²) in [7, 11) is 0. The number of nitrogens with zero attached hydrogens (tertiary/aromatic N) is 1. The number of hydrogen-bond donors (Lipinski definition) is 2.